The smallest absolute Gasteiger partial charge is 0.352 e. The third kappa shape index (κ3) is 3.59. The number of hydrogen-bond donors (Lipinski definition) is 2. The summed E-state index contributed by atoms with van der Waals surface area (Å²) in [6.07, 6.45) is -0.136. The number of nitrogens with two attached hydrogens (primary N) is 1. The number of aromatic nitrogens is 1. The van der Waals surface area contributed by atoms with Crippen molar-refractivity contribution in [2.75, 3.05) is 0 Å². The number of carbonyl (C=O) groups excluding carboxylic acids is 1. The molecule has 0 bridgehead atoms. The summed E-state index contributed by atoms with van der Waals surface area (Å²) in [6, 6.07) is 7.14. The van der Waals surface area contributed by atoms with Crippen LogP contribution in [0.2, 0.25) is 0 Å². The molecule has 3 N–H and O–H groups in total. The van der Waals surface area contributed by atoms with Crippen LogP contribution in [0.5, 0.6) is 0 Å². The van der Waals surface area contributed by atoms with Crippen molar-refractivity contribution in [1.29, 1.82) is 0 Å². The molecule has 1 heterocycles. The van der Waals surface area contributed by atoms with Gasteiger partial charge in [-0.05, 0) is 46.2 Å². The predicted molar refractivity (Wildman–Crippen MR) is 91.9 cm³/mol. The van der Waals surface area contributed by atoms with E-state index in [0.717, 1.165) is 10.9 Å². The van der Waals surface area contributed by atoms with Gasteiger partial charge >= 0.3 is 11.9 Å². The van der Waals surface area contributed by atoms with Crippen LogP contribution in [-0.4, -0.2) is 27.2 Å². The fourth-order valence-corrected chi connectivity index (χ4v) is 2.87. The highest BCUT2D eigenvalue weighted by Crippen LogP contribution is 2.30. The Morgan fingerprint density at radius 1 is 1.25 bits per heavy atom. The Labute approximate surface area is 141 Å². The number of aryl methyl sites for hydroxylation is 1. The van der Waals surface area contributed by atoms with Gasteiger partial charge in [0.1, 0.15) is 17.0 Å². The minimum absolute atomic E-state index is 0.0489. The van der Waals surface area contributed by atoms with E-state index in [1.54, 1.807) is 33.8 Å². The monoisotopic (exact) mass is 332 g/mol. The largest absolute Gasteiger partial charge is 0.477 e. The summed E-state index contributed by atoms with van der Waals surface area (Å²) < 4.78 is 6.85. The number of carboxylic acid groups (broad SMARTS) is 1. The van der Waals surface area contributed by atoms with Crippen molar-refractivity contribution < 1.29 is 19.4 Å². The van der Waals surface area contributed by atoms with Gasteiger partial charge in [0.15, 0.2) is 0 Å². The van der Waals surface area contributed by atoms with E-state index in [-0.39, 0.29) is 12.1 Å². The normalized spacial score (nSPS) is 14.4. The molecule has 6 heteroatoms. The van der Waals surface area contributed by atoms with Crippen molar-refractivity contribution in [2.24, 2.45) is 5.73 Å². The second kappa shape index (κ2) is 5.94. The van der Waals surface area contributed by atoms with Gasteiger partial charge < -0.3 is 20.1 Å². The average Bonchev–Trinajstić information content (AvgIpc) is 2.77. The molecule has 0 radical (unpaired) electrons. The Balaban J connectivity index is 2.55. The molecular formula is C18H24N2O4. The Kier molecular flexibility index (Phi) is 4.46. The van der Waals surface area contributed by atoms with Crippen LogP contribution in [0.4, 0.5) is 0 Å². The number of fused-ring (bicyclic) bond motifs is 1. The van der Waals surface area contributed by atoms with Crippen molar-refractivity contribution in [3.05, 3.63) is 35.5 Å². The molecule has 1 unspecified atom stereocenters. The third-order valence-corrected chi connectivity index (χ3v) is 3.68. The third-order valence-electron chi connectivity index (χ3n) is 3.68. The zero-order chi connectivity index (χ0) is 18.3. The van der Waals surface area contributed by atoms with Crippen LogP contribution in [0.15, 0.2) is 24.3 Å². The van der Waals surface area contributed by atoms with E-state index in [1.807, 2.05) is 25.1 Å². The molecule has 0 saturated carbocycles. The number of hydrogen-bond acceptors (Lipinski definition) is 4. The zero-order valence-corrected chi connectivity index (χ0v) is 14.7. The second-order valence-electron chi connectivity index (χ2n) is 7.30. The van der Waals surface area contributed by atoms with Crippen molar-refractivity contribution in [3.63, 3.8) is 0 Å². The molecule has 1 aromatic heterocycles. The van der Waals surface area contributed by atoms with E-state index in [1.165, 1.54) is 4.57 Å². The topological polar surface area (TPSA) is 94.5 Å². The minimum Gasteiger partial charge on any atom is -0.477 e. The van der Waals surface area contributed by atoms with E-state index in [2.05, 4.69) is 0 Å². The van der Waals surface area contributed by atoms with Gasteiger partial charge in [-0.1, -0.05) is 18.2 Å². The number of nitrogens with zero attached hydrogens (tertiary/aromatic N) is 1. The molecule has 2 aromatic rings. The average molecular weight is 332 g/mol. The molecular weight excluding hydrogens is 308 g/mol. The Morgan fingerprint density at radius 2 is 1.88 bits per heavy atom. The van der Waals surface area contributed by atoms with E-state index in [4.69, 9.17) is 10.5 Å². The summed E-state index contributed by atoms with van der Waals surface area (Å²) in [6.45, 7) is 8.84. The van der Waals surface area contributed by atoms with Crippen LogP contribution < -0.4 is 5.73 Å². The molecule has 2 rings (SSSR count). The summed E-state index contributed by atoms with van der Waals surface area (Å²) >= 11 is 0. The standard InChI is InChI=1S/C18H24N2O4/c1-11-7-6-8-12-9-13(16(22)23)20(15(11)12)18(5,19)10-14(21)24-17(2,3)4/h6-9H,10,19H2,1-5H3,(H,22,23). The van der Waals surface area contributed by atoms with Crippen LogP contribution in [0, 0.1) is 6.92 Å². The van der Waals surface area contributed by atoms with Gasteiger partial charge in [0.25, 0.3) is 0 Å². The highest BCUT2D eigenvalue weighted by atomic mass is 16.6. The maximum atomic E-state index is 12.2. The molecule has 6 nitrogen and oxygen atoms in total. The zero-order valence-electron chi connectivity index (χ0n) is 14.7. The number of rotatable bonds is 4. The molecule has 0 aliphatic carbocycles. The van der Waals surface area contributed by atoms with Gasteiger partial charge in [0, 0.05) is 5.39 Å². The Hall–Kier alpha value is -2.34. The van der Waals surface area contributed by atoms with Gasteiger partial charge in [-0.25, -0.2) is 4.79 Å². The van der Waals surface area contributed by atoms with Gasteiger partial charge in [0.05, 0.1) is 11.9 Å². The van der Waals surface area contributed by atoms with Crippen molar-refractivity contribution in [1.82, 2.24) is 4.57 Å². The summed E-state index contributed by atoms with van der Waals surface area (Å²) in [5.41, 5.74) is 6.17. The summed E-state index contributed by atoms with van der Waals surface area (Å²) in [7, 11) is 0. The van der Waals surface area contributed by atoms with E-state index < -0.39 is 23.2 Å². The van der Waals surface area contributed by atoms with E-state index >= 15 is 0 Å². The fraction of sp³-hybridized carbons (Fsp3) is 0.444. The highest BCUT2D eigenvalue weighted by molar-refractivity contribution is 5.96. The number of para-hydroxylation sites is 1. The molecule has 0 fully saturated rings. The van der Waals surface area contributed by atoms with Gasteiger partial charge in [-0.2, -0.15) is 0 Å². The molecule has 1 atom stereocenters. The predicted octanol–water partition coefficient (Wildman–Crippen LogP) is 3.01. The number of carboxylic acids is 1. The lowest BCUT2D eigenvalue weighted by Gasteiger charge is -2.30. The molecule has 130 valence electrons. The van der Waals surface area contributed by atoms with Crippen molar-refractivity contribution in [2.45, 2.75) is 52.3 Å². The minimum atomic E-state index is -1.23. The first-order valence-electron chi connectivity index (χ1n) is 7.78. The lowest BCUT2D eigenvalue weighted by molar-refractivity contribution is -0.157. The summed E-state index contributed by atoms with van der Waals surface area (Å²) in [5, 5.41) is 10.3. The van der Waals surface area contributed by atoms with Gasteiger partial charge in [-0.3, -0.25) is 4.79 Å². The molecule has 0 aliphatic rings. The van der Waals surface area contributed by atoms with E-state index in [0.29, 0.717) is 5.52 Å². The lowest BCUT2D eigenvalue weighted by atomic mass is 10.1. The highest BCUT2D eigenvalue weighted by Gasteiger charge is 2.33. The first-order valence-corrected chi connectivity index (χ1v) is 7.78. The molecule has 24 heavy (non-hydrogen) atoms. The molecule has 0 aliphatic heterocycles. The SMILES string of the molecule is Cc1cccc2cc(C(=O)O)n(C(C)(N)CC(=O)OC(C)(C)C)c12. The van der Waals surface area contributed by atoms with Crippen LogP contribution in [0.3, 0.4) is 0 Å². The maximum Gasteiger partial charge on any atom is 0.352 e. The molecule has 0 amide bonds. The fourth-order valence-electron chi connectivity index (χ4n) is 2.87. The summed E-state index contributed by atoms with van der Waals surface area (Å²) in [5.74, 6) is -1.56. The summed E-state index contributed by atoms with van der Waals surface area (Å²) in [4.78, 5) is 23.9. The Morgan fingerprint density at radius 3 is 2.42 bits per heavy atom. The number of carbonyl (C=O) groups is 2. The molecule has 0 spiro atoms. The van der Waals surface area contributed by atoms with Crippen LogP contribution in [-0.2, 0) is 15.2 Å². The Bertz CT molecular complexity index is 797. The van der Waals surface area contributed by atoms with Crippen molar-refractivity contribution >= 4 is 22.8 Å². The quantitative estimate of drug-likeness (QED) is 0.839. The molecule has 1 aromatic carbocycles. The van der Waals surface area contributed by atoms with Crippen molar-refractivity contribution in [3.8, 4) is 0 Å². The first kappa shape index (κ1) is 18.0. The van der Waals surface area contributed by atoms with Gasteiger partial charge in [-0.15, -0.1) is 0 Å². The lowest BCUT2D eigenvalue weighted by Crippen LogP contribution is -2.44. The molecule has 0 saturated heterocycles. The number of esters is 1. The maximum absolute atomic E-state index is 12.2. The second-order valence-corrected chi connectivity index (χ2v) is 7.30. The van der Waals surface area contributed by atoms with E-state index in [9.17, 15) is 14.7 Å². The van der Waals surface area contributed by atoms with Crippen LogP contribution in [0.25, 0.3) is 10.9 Å². The number of benzene rings is 1. The first-order chi connectivity index (χ1) is 10.9. The van der Waals surface area contributed by atoms with Crippen LogP contribution >= 0.6 is 0 Å². The number of aromatic carboxylic acids is 1. The van der Waals surface area contributed by atoms with Gasteiger partial charge in [0.2, 0.25) is 0 Å². The number of ether oxygens (including phenoxy) is 1. The van der Waals surface area contributed by atoms with Crippen LogP contribution in [0.1, 0.15) is 50.2 Å².